The van der Waals surface area contributed by atoms with Crippen molar-refractivity contribution in [2.24, 2.45) is 11.3 Å². The molecule has 3 unspecified atom stereocenters. The number of aliphatic hydroxyl groups is 1. The molecule has 1 aliphatic heterocycles. The van der Waals surface area contributed by atoms with Crippen LogP contribution in [-0.2, 0) is 0 Å². The predicted molar refractivity (Wildman–Crippen MR) is 69.5 cm³/mol. The van der Waals surface area contributed by atoms with E-state index in [4.69, 9.17) is 0 Å². The minimum absolute atomic E-state index is 0.0185. The molecule has 1 saturated heterocycles. The van der Waals surface area contributed by atoms with Crippen LogP contribution in [0.4, 0.5) is 0 Å². The molecule has 2 heteroatoms. The van der Waals surface area contributed by atoms with Gasteiger partial charge in [-0.3, -0.25) is 0 Å². The molecule has 1 rings (SSSR count). The molecule has 0 spiro atoms. The zero-order valence-electron chi connectivity index (χ0n) is 11.7. The van der Waals surface area contributed by atoms with Gasteiger partial charge in [-0.25, -0.2) is 0 Å². The molecule has 1 fully saturated rings. The smallest absolute Gasteiger partial charge is 0.0600 e. The van der Waals surface area contributed by atoms with E-state index in [-0.39, 0.29) is 11.5 Å². The van der Waals surface area contributed by atoms with E-state index in [9.17, 15) is 5.11 Å². The summed E-state index contributed by atoms with van der Waals surface area (Å²) in [6, 6.07) is 0.698. The number of hydrogen-bond donors (Lipinski definition) is 1. The lowest BCUT2D eigenvalue weighted by Gasteiger charge is -2.38. The Kier molecular flexibility index (Phi) is 4.81. The van der Waals surface area contributed by atoms with Crippen molar-refractivity contribution in [3.8, 4) is 0 Å². The van der Waals surface area contributed by atoms with Gasteiger partial charge >= 0.3 is 0 Å². The SMILES string of the molecule is CC1CCC(C)N(CCC(O)C(C)(C)C)C1. The van der Waals surface area contributed by atoms with E-state index in [2.05, 4.69) is 39.5 Å². The number of aliphatic hydroxyl groups excluding tert-OH is 1. The third-order valence-corrected chi connectivity index (χ3v) is 3.94. The quantitative estimate of drug-likeness (QED) is 0.801. The Morgan fingerprint density at radius 3 is 2.44 bits per heavy atom. The Labute approximate surface area is 101 Å². The molecular formula is C14H29NO. The molecule has 0 aromatic carbocycles. The van der Waals surface area contributed by atoms with Gasteiger partial charge in [0, 0.05) is 19.1 Å². The molecule has 16 heavy (non-hydrogen) atoms. The van der Waals surface area contributed by atoms with E-state index in [0.717, 1.165) is 18.9 Å². The van der Waals surface area contributed by atoms with Gasteiger partial charge < -0.3 is 10.0 Å². The largest absolute Gasteiger partial charge is 0.393 e. The van der Waals surface area contributed by atoms with E-state index in [1.54, 1.807) is 0 Å². The summed E-state index contributed by atoms with van der Waals surface area (Å²) in [6.45, 7) is 13.2. The summed E-state index contributed by atoms with van der Waals surface area (Å²) >= 11 is 0. The van der Waals surface area contributed by atoms with Crippen molar-refractivity contribution >= 4 is 0 Å². The van der Waals surface area contributed by atoms with Crippen LogP contribution in [0.15, 0.2) is 0 Å². The van der Waals surface area contributed by atoms with Gasteiger partial charge in [-0.2, -0.15) is 0 Å². The minimum Gasteiger partial charge on any atom is -0.393 e. The van der Waals surface area contributed by atoms with Crippen LogP contribution in [0.3, 0.4) is 0 Å². The summed E-state index contributed by atoms with van der Waals surface area (Å²) in [6.07, 6.45) is 3.39. The fourth-order valence-corrected chi connectivity index (χ4v) is 2.41. The zero-order chi connectivity index (χ0) is 12.3. The van der Waals surface area contributed by atoms with Gasteiger partial charge in [0.05, 0.1) is 6.10 Å². The number of rotatable bonds is 3. The summed E-state index contributed by atoms with van der Waals surface area (Å²) in [5.41, 5.74) is 0.0185. The van der Waals surface area contributed by atoms with Gasteiger partial charge in [0.1, 0.15) is 0 Å². The highest BCUT2D eigenvalue weighted by Crippen LogP contribution is 2.25. The number of piperidine rings is 1. The number of nitrogens with zero attached hydrogens (tertiary/aromatic N) is 1. The van der Waals surface area contributed by atoms with Crippen molar-refractivity contribution in [2.45, 2.75) is 66.0 Å². The van der Waals surface area contributed by atoms with Gasteiger partial charge in [-0.15, -0.1) is 0 Å². The molecule has 96 valence electrons. The fraction of sp³-hybridized carbons (Fsp3) is 1.00. The summed E-state index contributed by atoms with van der Waals surface area (Å²) < 4.78 is 0. The average molecular weight is 227 g/mol. The van der Waals surface area contributed by atoms with Crippen LogP contribution in [0.25, 0.3) is 0 Å². The average Bonchev–Trinajstić information content (AvgIpc) is 2.17. The normalized spacial score (nSPS) is 30.4. The summed E-state index contributed by atoms with van der Waals surface area (Å²) in [7, 11) is 0. The molecule has 1 aliphatic rings. The lowest BCUT2D eigenvalue weighted by atomic mass is 9.86. The van der Waals surface area contributed by atoms with Crippen LogP contribution in [0.5, 0.6) is 0 Å². The van der Waals surface area contributed by atoms with Crippen LogP contribution < -0.4 is 0 Å². The molecule has 0 aliphatic carbocycles. The second kappa shape index (κ2) is 5.50. The first-order valence-corrected chi connectivity index (χ1v) is 6.73. The van der Waals surface area contributed by atoms with Gasteiger partial charge in [0.15, 0.2) is 0 Å². The third-order valence-electron chi connectivity index (χ3n) is 3.94. The molecule has 0 saturated carbocycles. The van der Waals surface area contributed by atoms with E-state index in [1.807, 2.05) is 0 Å². The van der Waals surface area contributed by atoms with Crippen LogP contribution in [0.2, 0.25) is 0 Å². The topological polar surface area (TPSA) is 23.5 Å². The first-order chi connectivity index (χ1) is 7.30. The Morgan fingerprint density at radius 1 is 1.25 bits per heavy atom. The Balaban J connectivity index is 2.36. The van der Waals surface area contributed by atoms with Gasteiger partial charge in [0.2, 0.25) is 0 Å². The van der Waals surface area contributed by atoms with E-state index in [1.165, 1.54) is 19.4 Å². The molecule has 1 heterocycles. The molecule has 0 amide bonds. The van der Waals surface area contributed by atoms with E-state index in [0.29, 0.717) is 6.04 Å². The summed E-state index contributed by atoms with van der Waals surface area (Å²) in [4.78, 5) is 2.54. The first kappa shape index (κ1) is 14.0. The van der Waals surface area contributed by atoms with Crippen molar-refractivity contribution in [3.05, 3.63) is 0 Å². The monoisotopic (exact) mass is 227 g/mol. The molecular weight excluding hydrogens is 198 g/mol. The van der Waals surface area contributed by atoms with Crippen LogP contribution in [0.1, 0.15) is 53.9 Å². The number of hydrogen-bond acceptors (Lipinski definition) is 2. The summed E-state index contributed by atoms with van der Waals surface area (Å²) in [5.74, 6) is 0.822. The van der Waals surface area contributed by atoms with Crippen molar-refractivity contribution in [3.63, 3.8) is 0 Å². The number of likely N-dealkylation sites (tertiary alicyclic amines) is 1. The van der Waals surface area contributed by atoms with Crippen molar-refractivity contribution in [1.82, 2.24) is 4.90 Å². The van der Waals surface area contributed by atoms with Crippen molar-refractivity contribution in [2.75, 3.05) is 13.1 Å². The Bertz CT molecular complexity index is 209. The van der Waals surface area contributed by atoms with E-state index < -0.39 is 0 Å². The third kappa shape index (κ3) is 4.06. The van der Waals surface area contributed by atoms with Gasteiger partial charge in [-0.1, -0.05) is 27.7 Å². The highest BCUT2D eigenvalue weighted by molar-refractivity contribution is 4.79. The molecule has 2 nitrogen and oxygen atoms in total. The standard InChI is InChI=1S/C14H29NO/c1-11-6-7-12(2)15(10-11)9-8-13(16)14(3,4)5/h11-13,16H,6-10H2,1-5H3. The van der Waals surface area contributed by atoms with E-state index >= 15 is 0 Å². The van der Waals surface area contributed by atoms with Crippen LogP contribution in [-0.4, -0.2) is 35.2 Å². The minimum atomic E-state index is -0.183. The molecule has 0 aromatic rings. The lowest BCUT2D eigenvalue weighted by Crippen LogP contribution is -2.43. The van der Waals surface area contributed by atoms with Gasteiger partial charge in [-0.05, 0) is 37.5 Å². The van der Waals surface area contributed by atoms with Crippen LogP contribution >= 0.6 is 0 Å². The molecule has 0 aromatic heterocycles. The van der Waals surface area contributed by atoms with Crippen molar-refractivity contribution in [1.29, 1.82) is 0 Å². The first-order valence-electron chi connectivity index (χ1n) is 6.73. The zero-order valence-corrected chi connectivity index (χ0v) is 11.7. The summed E-state index contributed by atoms with van der Waals surface area (Å²) in [5, 5.41) is 10.0. The van der Waals surface area contributed by atoms with Crippen molar-refractivity contribution < 1.29 is 5.11 Å². The second-order valence-electron chi connectivity index (χ2n) is 6.70. The molecule has 3 atom stereocenters. The Morgan fingerprint density at radius 2 is 1.88 bits per heavy atom. The predicted octanol–water partition coefficient (Wildman–Crippen LogP) is 2.90. The lowest BCUT2D eigenvalue weighted by molar-refractivity contribution is 0.0326. The highest BCUT2D eigenvalue weighted by Gasteiger charge is 2.26. The fourth-order valence-electron chi connectivity index (χ4n) is 2.41. The van der Waals surface area contributed by atoms with Gasteiger partial charge in [0.25, 0.3) is 0 Å². The molecule has 0 bridgehead atoms. The maximum Gasteiger partial charge on any atom is 0.0600 e. The Hall–Kier alpha value is -0.0800. The maximum atomic E-state index is 10.0. The maximum absolute atomic E-state index is 10.0. The highest BCUT2D eigenvalue weighted by atomic mass is 16.3. The van der Waals surface area contributed by atoms with Crippen LogP contribution in [0, 0.1) is 11.3 Å². The molecule has 1 N–H and O–H groups in total. The molecule has 0 radical (unpaired) electrons. The second-order valence-corrected chi connectivity index (χ2v) is 6.70.